The molecule has 0 radical (unpaired) electrons. The molecule has 0 aromatic heterocycles. The highest BCUT2D eigenvalue weighted by atomic mass is 19.1. The number of benzene rings is 1. The third-order valence-electron chi connectivity index (χ3n) is 3.20. The number of nitrogens with one attached hydrogen (secondary N) is 1. The molecule has 1 aromatic carbocycles. The number of hydrogen-bond donors (Lipinski definition) is 1. The topological polar surface area (TPSA) is 64.4 Å². The summed E-state index contributed by atoms with van der Waals surface area (Å²) in [5, 5.41) is 13.7. The van der Waals surface area contributed by atoms with Gasteiger partial charge in [0.05, 0.1) is 23.8 Å². The lowest BCUT2D eigenvalue weighted by molar-refractivity contribution is -0.385. The van der Waals surface area contributed by atoms with Gasteiger partial charge in [-0.25, -0.2) is 4.39 Å². The molecule has 1 rings (SSSR count). The maximum atomic E-state index is 13.8. The highest BCUT2D eigenvalue weighted by Crippen LogP contribution is 2.32. The maximum Gasteiger partial charge on any atom is 0.313 e. The largest absolute Gasteiger partial charge is 0.490 e. The fourth-order valence-electron chi connectivity index (χ4n) is 1.82. The summed E-state index contributed by atoms with van der Waals surface area (Å²) in [5.41, 5.74) is -0.137. The minimum atomic E-state index is -0.660. The third-order valence-corrected chi connectivity index (χ3v) is 3.20. The second kappa shape index (κ2) is 6.92. The van der Waals surface area contributed by atoms with E-state index in [4.69, 9.17) is 4.74 Å². The first kappa shape index (κ1) is 15.2. The molecule has 0 aliphatic carbocycles. The summed E-state index contributed by atoms with van der Waals surface area (Å²) >= 11 is 0. The summed E-state index contributed by atoms with van der Waals surface area (Å²) in [5.74, 6) is -0.141. The first-order chi connectivity index (χ1) is 9.03. The van der Waals surface area contributed by atoms with Crippen molar-refractivity contribution in [1.82, 2.24) is 0 Å². The van der Waals surface area contributed by atoms with E-state index in [0.717, 1.165) is 18.9 Å². The first-order valence-corrected chi connectivity index (χ1v) is 6.29. The number of nitro benzene ring substituents is 1. The quantitative estimate of drug-likeness (QED) is 0.607. The molecule has 0 aliphatic rings. The zero-order valence-electron chi connectivity index (χ0n) is 11.4. The van der Waals surface area contributed by atoms with E-state index in [-0.39, 0.29) is 17.1 Å². The molecule has 106 valence electrons. The zero-order valence-corrected chi connectivity index (χ0v) is 11.4. The fraction of sp³-hybridized carbons (Fsp3) is 0.538. The summed E-state index contributed by atoms with van der Waals surface area (Å²) in [6.45, 7) is 4.77. The monoisotopic (exact) mass is 270 g/mol. The summed E-state index contributed by atoms with van der Waals surface area (Å²) in [6, 6.07) is 2.21. The van der Waals surface area contributed by atoms with Crippen molar-refractivity contribution < 1.29 is 14.1 Å². The summed E-state index contributed by atoms with van der Waals surface area (Å²) in [7, 11) is 1.32. The van der Waals surface area contributed by atoms with Crippen LogP contribution in [0.25, 0.3) is 0 Å². The molecule has 0 aliphatic heterocycles. The molecule has 0 fully saturated rings. The van der Waals surface area contributed by atoms with Crippen molar-refractivity contribution in [3.63, 3.8) is 0 Å². The van der Waals surface area contributed by atoms with E-state index in [1.165, 1.54) is 13.2 Å². The Morgan fingerprint density at radius 1 is 1.42 bits per heavy atom. The third kappa shape index (κ3) is 3.81. The molecule has 0 spiro atoms. The van der Waals surface area contributed by atoms with Crippen molar-refractivity contribution in [1.29, 1.82) is 0 Å². The zero-order chi connectivity index (χ0) is 14.4. The standard InChI is InChI=1S/C13H19FN2O3/c1-4-9(5-2)8-15-11-7-13(19-3)12(16(17)18)6-10(11)14/h6-7,9,15H,4-5,8H2,1-3H3. The molecule has 1 N–H and O–H groups in total. The molecule has 0 saturated heterocycles. The molecule has 0 heterocycles. The molecular formula is C13H19FN2O3. The van der Waals surface area contributed by atoms with Crippen LogP contribution in [-0.2, 0) is 0 Å². The summed E-state index contributed by atoms with van der Waals surface area (Å²) in [4.78, 5) is 10.1. The Kier molecular flexibility index (Phi) is 5.54. The van der Waals surface area contributed by atoms with Gasteiger partial charge in [-0.3, -0.25) is 10.1 Å². The van der Waals surface area contributed by atoms with Crippen molar-refractivity contribution in [3.8, 4) is 5.75 Å². The van der Waals surface area contributed by atoms with E-state index in [9.17, 15) is 14.5 Å². The van der Waals surface area contributed by atoms with Gasteiger partial charge in [0.1, 0.15) is 0 Å². The van der Waals surface area contributed by atoms with Crippen LogP contribution in [0.4, 0.5) is 15.8 Å². The average Bonchev–Trinajstić information content (AvgIpc) is 2.40. The van der Waals surface area contributed by atoms with Gasteiger partial charge in [0.15, 0.2) is 11.6 Å². The molecule has 19 heavy (non-hydrogen) atoms. The predicted molar refractivity (Wildman–Crippen MR) is 72.2 cm³/mol. The normalized spacial score (nSPS) is 10.6. The fourth-order valence-corrected chi connectivity index (χ4v) is 1.82. The molecule has 0 bridgehead atoms. The molecule has 5 nitrogen and oxygen atoms in total. The highest BCUT2D eigenvalue weighted by molar-refractivity contribution is 5.59. The lowest BCUT2D eigenvalue weighted by Gasteiger charge is -2.15. The number of halogens is 1. The van der Waals surface area contributed by atoms with Gasteiger partial charge in [0.2, 0.25) is 0 Å². The Morgan fingerprint density at radius 3 is 2.53 bits per heavy atom. The van der Waals surface area contributed by atoms with Gasteiger partial charge >= 0.3 is 5.69 Å². The van der Waals surface area contributed by atoms with Crippen LogP contribution in [0.15, 0.2) is 12.1 Å². The Hall–Kier alpha value is -1.85. The lowest BCUT2D eigenvalue weighted by Crippen LogP contribution is -2.13. The van der Waals surface area contributed by atoms with Gasteiger partial charge in [-0.05, 0) is 5.92 Å². The Balaban J connectivity index is 2.93. The van der Waals surface area contributed by atoms with Crippen LogP contribution < -0.4 is 10.1 Å². The molecule has 6 heteroatoms. The summed E-state index contributed by atoms with van der Waals surface area (Å²) in [6.07, 6.45) is 1.99. The molecule has 1 aromatic rings. The van der Waals surface area contributed by atoms with Gasteiger partial charge in [-0.15, -0.1) is 0 Å². The van der Waals surface area contributed by atoms with E-state index >= 15 is 0 Å². The predicted octanol–water partition coefficient (Wildman–Crippen LogP) is 3.59. The SMILES string of the molecule is CCC(CC)CNc1cc(OC)c([N+](=O)[O-])cc1F. The van der Waals surface area contributed by atoms with Gasteiger partial charge in [0, 0.05) is 12.6 Å². The lowest BCUT2D eigenvalue weighted by atomic mass is 10.0. The minimum absolute atomic E-state index is 0.0541. The number of ether oxygens (including phenoxy) is 1. The second-order valence-corrected chi connectivity index (χ2v) is 4.32. The number of anilines is 1. The van der Waals surface area contributed by atoms with Crippen molar-refractivity contribution in [2.45, 2.75) is 26.7 Å². The smallest absolute Gasteiger partial charge is 0.313 e. The first-order valence-electron chi connectivity index (χ1n) is 6.29. The number of nitro groups is 1. The van der Waals surface area contributed by atoms with E-state index in [2.05, 4.69) is 19.2 Å². The van der Waals surface area contributed by atoms with Crippen LogP contribution in [0.5, 0.6) is 5.75 Å². The van der Waals surface area contributed by atoms with Crippen LogP contribution in [0, 0.1) is 21.8 Å². The van der Waals surface area contributed by atoms with Crippen LogP contribution in [0.2, 0.25) is 0 Å². The average molecular weight is 270 g/mol. The van der Waals surface area contributed by atoms with Crippen LogP contribution >= 0.6 is 0 Å². The molecule has 0 saturated carbocycles. The van der Waals surface area contributed by atoms with Gasteiger partial charge in [-0.2, -0.15) is 0 Å². The highest BCUT2D eigenvalue weighted by Gasteiger charge is 2.19. The van der Waals surface area contributed by atoms with Gasteiger partial charge in [0.25, 0.3) is 0 Å². The van der Waals surface area contributed by atoms with E-state index in [1.807, 2.05) is 0 Å². The number of nitrogens with zero attached hydrogens (tertiary/aromatic N) is 1. The van der Waals surface area contributed by atoms with Crippen LogP contribution in [-0.4, -0.2) is 18.6 Å². The number of methoxy groups -OCH3 is 1. The van der Waals surface area contributed by atoms with E-state index in [1.54, 1.807) is 0 Å². The van der Waals surface area contributed by atoms with Crippen LogP contribution in [0.3, 0.4) is 0 Å². The van der Waals surface area contributed by atoms with Gasteiger partial charge in [-0.1, -0.05) is 26.7 Å². The minimum Gasteiger partial charge on any atom is -0.490 e. The van der Waals surface area contributed by atoms with Crippen molar-refractivity contribution in [3.05, 3.63) is 28.1 Å². The number of rotatable bonds is 7. The van der Waals surface area contributed by atoms with Crippen molar-refractivity contribution in [2.24, 2.45) is 5.92 Å². The second-order valence-electron chi connectivity index (χ2n) is 4.32. The number of hydrogen-bond acceptors (Lipinski definition) is 4. The van der Waals surface area contributed by atoms with Gasteiger partial charge < -0.3 is 10.1 Å². The van der Waals surface area contributed by atoms with E-state index in [0.29, 0.717) is 12.5 Å². The molecule has 0 amide bonds. The Labute approximate surface area is 111 Å². The van der Waals surface area contributed by atoms with E-state index < -0.39 is 10.7 Å². The van der Waals surface area contributed by atoms with Crippen LogP contribution in [0.1, 0.15) is 26.7 Å². The Bertz CT molecular complexity index is 448. The summed E-state index contributed by atoms with van der Waals surface area (Å²) < 4.78 is 18.7. The molecular weight excluding hydrogens is 251 g/mol. The van der Waals surface area contributed by atoms with Crippen molar-refractivity contribution >= 4 is 11.4 Å². The molecule has 0 unspecified atom stereocenters. The molecule has 0 atom stereocenters. The maximum absolute atomic E-state index is 13.8. The Morgan fingerprint density at radius 2 is 2.05 bits per heavy atom. The van der Waals surface area contributed by atoms with Crippen molar-refractivity contribution in [2.75, 3.05) is 19.0 Å².